The molecule has 0 fully saturated rings. The Bertz CT molecular complexity index is 1060. The first kappa shape index (κ1) is 26.4. The van der Waals surface area contributed by atoms with Crippen molar-refractivity contribution in [3.8, 4) is 22.6 Å². The van der Waals surface area contributed by atoms with E-state index in [0.717, 1.165) is 22.5 Å². The summed E-state index contributed by atoms with van der Waals surface area (Å²) >= 11 is 0. The van der Waals surface area contributed by atoms with Crippen LogP contribution in [0.25, 0.3) is 16.8 Å². The summed E-state index contributed by atoms with van der Waals surface area (Å²) in [6, 6.07) is 12.4. The van der Waals surface area contributed by atoms with Gasteiger partial charge < -0.3 is 16.4 Å². The Morgan fingerprint density at radius 3 is 2.16 bits per heavy atom. The number of hydrogen-bond donors (Lipinski definition) is 0. The van der Waals surface area contributed by atoms with Crippen molar-refractivity contribution in [2.45, 2.75) is 27.7 Å². The second kappa shape index (κ2) is 12.9. The van der Waals surface area contributed by atoms with Gasteiger partial charge in [-0.1, -0.05) is 19.9 Å². The SMILES string of the molecule is CC.[CH2-]c1nc(C)nc2c(-c3ccc(OC)c(OC)c3)c(C)nn12.[W+2].b1cc[c-]cc1. The van der Waals surface area contributed by atoms with Crippen molar-refractivity contribution in [1.29, 1.82) is 0 Å². The molecule has 8 heteroatoms. The number of ether oxygens (including phenoxy) is 2. The zero-order chi connectivity index (χ0) is 22.1. The van der Waals surface area contributed by atoms with Gasteiger partial charge >= 0.3 is 58.1 Å². The van der Waals surface area contributed by atoms with Gasteiger partial charge in [-0.3, -0.25) is 4.98 Å². The zero-order valence-corrected chi connectivity index (χ0v) is 21.8. The fourth-order valence-electron chi connectivity index (χ4n) is 2.88. The molecule has 1 aromatic carbocycles. The summed E-state index contributed by atoms with van der Waals surface area (Å²) < 4.78 is 12.3. The van der Waals surface area contributed by atoms with Gasteiger partial charge in [0.05, 0.1) is 19.9 Å². The Morgan fingerprint density at radius 2 is 1.65 bits per heavy atom. The van der Waals surface area contributed by atoms with Gasteiger partial charge in [-0.15, -0.1) is 0 Å². The number of nitrogens with zero attached hydrogens (tertiary/aromatic N) is 4. The first-order chi connectivity index (χ1) is 14.5. The van der Waals surface area contributed by atoms with Crippen LogP contribution in [0.4, 0.5) is 0 Å². The van der Waals surface area contributed by atoms with E-state index in [1.165, 1.54) is 0 Å². The molecule has 0 aliphatic rings. The number of methoxy groups -OCH3 is 2. The van der Waals surface area contributed by atoms with Crippen LogP contribution in [-0.2, 0) is 21.1 Å². The molecule has 0 aliphatic carbocycles. The predicted octanol–water partition coefficient (Wildman–Crippen LogP) is 4.46. The van der Waals surface area contributed by atoms with Crippen LogP contribution < -0.4 is 9.47 Å². The molecule has 4 rings (SSSR count). The van der Waals surface area contributed by atoms with Gasteiger partial charge in [0.2, 0.25) is 0 Å². The average Bonchev–Trinajstić information content (AvgIpc) is 3.12. The Kier molecular flexibility index (Phi) is 11.0. The molecule has 0 saturated heterocycles. The molecular weight excluding hydrogens is 559 g/mol. The van der Waals surface area contributed by atoms with Gasteiger partial charge in [-0.25, -0.2) is 9.50 Å². The van der Waals surface area contributed by atoms with E-state index >= 15 is 0 Å². The fraction of sp³-hybridized carbons (Fsp3) is 0.261. The maximum absolute atomic E-state index is 5.38. The molecule has 0 amide bonds. The number of aryl methyl sites for hydroxylation is 2. The van der Waals surface area contributed by atoms with Gasteiger partial charge in [0.1, 0.15) is 5.82 Å². The molecule has 0 radical (unpaired) electrons. The molecule has 6 nitrogen and oxygen atoms in total. The Morgan fingerprint density at radius 1 is 1.00 bits per heavy atom. The molecule has 3 aromatic heterocycles. The summed E-state index contributed by atoms with van der Waals surface area (Å²) in [5.74, 6) is 6.47. The van der Waals surface area contributed by atoms with E-state index in [1.807, 2.05) is 76.9 Å². The third kappa shape index (κ3) is 6.41. The molecule has 0 bridgehead atoms. The van der Waals surface area contributed by atoms with Crippen LogP contribution in [0.1, 0.15) is 31.2 Å². The summed E-state index contributed by atoms with van der Waals surface area (Å²) in [6.45, 7) is 13.7. The fourth-order valence-corrected chi connectivity index (χ4v) is 2.88. The molecule has 0 aliphatic heterocycles. The molecule has 0 N–H and O–H groups in total. The van der Waals surface area contributed by atoms with E-state index in [-0.39, 0.29) is 21.1 Å². The Balaban J connectivity index is 0.000000456. The van der Waals surface area contributed by atoms with Gasteiger partial charge in [-0.2, -0.15) is 5.10 Å². The predicted molar refractivity (Wildman–Crippen MR) is 121 cm³/mol. The van der Waals surface area contributed by atoms with Crippen LogP contribution in [-0.4, -0.2) is 40.7 Å². The van der Waals surface area contributed by atoms with E-state index in [1.54, 1.807) is 18.7 Å². The van der Waals surface area contributed by atoms with E-state index in [0.29, 0.717) is 23.1 Å². The van der Waals surface area contributed by atoms with Crippen molar-refractivity contribution in [1.82, 2.24) is 19.6 Å². The Hall–Kier alpha value is -2.66. The Labute approximate surface area is 199 Å². The summed E-state index contributed by atoms with van der Waals surface area (Å²) in [5, 5.41) is 4.49. The third-order valence-corrected chi connectivity index (χ3v) is 4.12. The van der Waals surface area contributed by atoms with Crippen molar-refractivity contribution >= 4 is 12.6 Å². The number of fused-ring (bicyclic) bond motifs is 1. The van der Waals surface area contributed by atoms with Gasteiger partial charge in [0.15, 0.2) is 17.1 Å². The van der Waals surface area contributed by atoms with Gasteiger partial charge in [-0.05, 0) is 37.4 Å². The minimum absolute atomic E-state index is 0. The number of benzene rings is 1. The summed E-state index contributed by atoms with van der Waals surface area (Å²) in [6.07, 6.45) is 0. The zero-order valence-electron chi connectivity index (χ0n) is 18.8. The molecule has 0 unspecified atom stereocenters. The van der Waals surface area contributed by atoms with Crippen molar-refractivity contribution in [3.63, 3.8) is 0 Å². The molecule has 160 valence electrons. The second-order valence-corrected chi connectivity index (χ2v) is 6.03. The topological polar surface area (TPSA) is 61.5 Å². The minimum atomic E-state index is 0. The number of rotatable bonds is 3. The van der Waals surface area contributed by atoms with Crippen LogP contribution in [0.3, 0.4) is 0 Å². The van der Waals surface area contributed by atoms with E-state index in [9.17, 15) is 0 Å². The van der Waals surface area contributed by atoms with Crippen molar-refractivity contribution in [2.24, 2.45) is 0 Å². The molecule has 3 heterocycles. The standard InChI is InChI=1S/C16H17N4O2.C5H4B.C2H6.W/c1-9-15(12-6-7-13(21-4)14(8-12)22-5)16-18-10(2)17-11(3)20(16)19-9;1-2-4-6-5-3-1;1-2;/h6-8H,3H2,1-2,4-5H3;2-5H;1-2H3;/q2*-1;;+2. The van der Waals surface area contributed by atoms with Crippen molar-refractivity contribution in [2.75, 3.05) is 14.2 Å². The normalized spacial score (nSPS) is 9.35. The van der Waals surface area contributed by atoms with E-state index < -0.39 is 0 Å². The number of aromatic nitrogens is 4. The van der Waals surface area contributed by atoms with Crippen LogP contribution in [0.15, 0.2) is 42.3 Å². The third-order valence-electron chi connectivity index (χ3n) is 4.12. The molecule has 4 aromatic rings. The maximum atomic E-state index is 5.38. The summed E-state index contributed by atoms with van der Waals surface area (Å²) in [5.41, 5.74) is 3.50. The first-order valence-corrected chi connectivity index (χ1v) is 9.74. The molecular formula is C23H27BN4O2W. The van der Waals surface area contributed by atoms with Gasteiger partial charge in [0.25, 0.3) is 0 Å². The average molecular weight is 586 g/mol. The summed E-state index contributed by atoms with van der Waals surface area (Å²) in [4.78, 5) is 8.75. The van der Waals surface area contributed by atoms with Crippen LogP contribution in [0.5, 0.6) is 11.5 Å². The van der Waals surface area contributed by atoms with E-state index in [2.05, 4.69) is 28.1 Å². The van der Waals surface area contributed by atoms with Crippen molar-refractivity contribution < 1.29 is 30.5 Å². The van der Waals surface area contributed by atoms with E-state index in [4.69, 9.17) is 9.47 Å². The molecule has 31 heavy (non-hydrogen) atoms. The van der Waals surface area contributed by atoms with Gasteiger partial charge in [0, 0.05) is 5.56 Å². The molecule has 0 spiro atoms. The quantitative estimate of drug-likeness (QED) is 0.332. The molecule has 0 atom stereocenters. The summed E-state index contributed by atoms with van der Waals surface area (Å²) in [7, 11) is 3.23. The van der Waals surface area contributed by atoms with Crippen LogP contribution >= 0.6 is 0 Å². The monoisotopic (exact) mass is 586 g/mol. The van der Waals surface area contributed by atoms with Crippen LogP contribution in [0.2, 0.25) is 0 Å². The second-order valence-electron chi connectivity index (χ2n) is 6.03. The first-order valence-electron chi connectivity index (χ1n) is 9.74. The number of hydrogen-bond acceptors (Lipinski definition) is 5. The molecule has 0 saturated carbocycles. The van der Waals surface area contributed by atoms with Crippen LogP contribution in [0, 0.1) is 26.8 Å². The van der Waals surface area contributed by atoms with Crippen molar-refractivity contribution in [3.05, 3.63) is 72.6 Å².